The SMILES string of the molecule is Nc1nc(=O)n([C@@H]2O[C@H](CO)[C@H](O)C2F)cc1/C=C/CNC(=O)C(F)(F)F. The summed E-state index contributed by atoms with van der Waals surface area (Å²) >= 11 is 0. The van der Waals surface area contributed by atoms with E-state index in [2.05, 4.69) is 4.98 Å². The first-order valence-electron chi connectivity index (χ1n) is 7.55. The number of nitrogens with one attached hydrogen (secondary N) is 1. The molecule has 0 aromatic carbocycles. The van der Waals surface area contributed by atoms with Crippen molar-refractivity contribution in [2.75, 3.05) is 18.9 Å². The summed E-state index contributed by atoms with van der Waals surface area (Å²) in [7, 11) is 0. The van der Waals surface area contributed by atoms with Crippen molar-refractivity contribution in [2.45, 2.75) is 30.8 Å². The van der Waals surface area contributed by atoms with E-state index in [1.54, 1.807) is 5.32 Å². The van der Waals surface area contributed by atoms with E-state index in [1.807, 2.05) is 0 Å². The molecular formula is C14H16F4N4O5. The van der Waals surface area contributed by atoms with E-state index in [-0.39, 0.29) is 11.4 Å². The molecule has 4 atom stereocenters. The lowest BCUT2D eigenvalue weighted by atomic mass is 10.1. The highest BCUT2D eigenvalue weighted by atomic mass is 19.4. The quantitative estimate of drug-likeness (QED) is 0.473. The van der Waals surface area contributed by atoms with Crippen molar-refractivity contribution in [3.8, 4) is 0 Å². The van der Waals surface area contributed by atoms with Gasteiger partial charge in [-0.3, -0.25) is 9.36 Å². The van der Waals surface area contributed by atoms with Crippen LogP contribution >= 0.6 is 0 Å². The number of nitrogen functional groups attached to an aromatic ring is 1. The molecule has 1 aromatic rings. The van der Waals surface area contributed by atoms with Gasteiger partial charge >= 0.3 is 17.8 Å². The smallest absolute Gasteiger partial charge is 0.394 e. The number of aliphatic hydroxyl groups is 2. The van der Waals surface area contributed by atoms with Crippen LogP contribution < -0.4 is 16.7 Å². The number of hydrogen-bond acceptors (Lipinski definition) is 7. The van der Waals surface area contributed by atoms with Crippen molar-refractivity contribution in [2.24, 2.45) is 0 Å². The van der Waals surface area contributed by atoms with Crippen molar-refractivity contribution in [1.82, 2.24) is 14.9 Å². The number of hydrogen-bond donors (Lipinski definition) is 4. The van der Waals surface area contributed by atoms with Gasteiger partial charge in [0.15, 0.2) is 12.4 Å². The fraction of sp³-hybridized carbons (Fsp3) is 0.500. The molecule has 150 valence electrons. The van der Waals surface area contributed by atoms with Crippen molar-refractivity contribution in [3.05, 3.63) is 28.3 Å². The Morgan fingerprint density at radius 1 is 1.48 bits per heavy atom. The van der Waals surface area contributed by atoms with Gasteiger partial charge in [-0.2, -0.15) is 18.2 Å². The molecule has 9 nitrogen and oxygen atoms in total. The molecular weight excluding hydrogens is 380 g/mol. The highest BCUT2D eigenvalue weighted by molar-refractivity contribution is 5.81. The van der Waals surface area contributed by atoms with Crippen LogP contribution in [0.2, 0.25) is 0 Å². The summed E-state index contributed by atoms with van der Waals surface area (Å²) in [5, 5.41) is 20.3. The molecule has 2 rings (SSSR count). The van der Waals surface area contributed by atoms with Crippen LogP contribution in [0.15, 0.2) is 17.1 Å². The molecule has 0 spiro atoms. The number of amides is 1. The Labute approximate surface area is 149 Å². The molecule has 1 unspecified atom stereocenters. The normalized spacial score (nSPS) is 25.9. The number of aromatic nitrogens is 2. The van der Waals surface area contributed by atoms with Gasteiger partial charge in [0.05, 0.1) is 6.61 Å². The topological polar surface area (TPSA) is 140 Å². The summed E-state index contributed by atoms with van der Waals surface area (Å²) in [4.78, 5) is 26.1. The number of nitrogens with zero attached hydrogens (tertiary/aromatic N) is 2. The maximum absolute atomic E-state index is 14.1. The van der Waals surface area contributed by atoms with E-state index in [0.717, 1.165) is 18.3 Å². The molecule has 5 N–H and O–H groups in total. The number of ether oxygens (including phenoxy) is 1. The first-order chi connectivity index (χ1) is 12.6. The molecule has 1 amide bonds. The monoisotopic (exact) mass is 396 g/mol. The Balaban J connectivity index is 2.18. The second-order valence-corrected chi connectivity index (χ2v) is 5.56. The van der Waals surface area contributed by atoms with Gasteiger partial charge in [0.25, 0.3) is 0 Å². The lowest BCUT2D eigenvalue weighted by Gasteiger charge is -2.16. The Morgan fingerprint density at radius 2 is 2.15 bits per heavy atom. The van der Waals surface area contributed by atoms with Crippen LogP contribution in [0.1, 0.15) is 11.8 Å². The number of halogens is 4. The van der Waals surface area contributed by atoms with Crippen LogP contribution in [0.5, 0.6) is 0 Å². The summed E-state index contributed by atoms with van der Waals surface area (Å²) in [5.74, 6) is -2.42. The number of carbonyl (C=O) groups is 1. The van der Waals surface area contributed by atoms with E-state index in [1.165, 1.54) is 0 Å². The van der Waals surface area contributed by atoms with E-state index < -0.39 is 55.5 Å². The van der Waals surface area contributed by atoms with Gasteiger partial charge in [0.2, 0.25) is 0 Å². The van der Waals surface area contributed by atoms with Gasteiger partial charge in [0.1, 0.15) is 18.0 Å². The third-order valence-electron chi connectivity index (χ3n) is 3.69. The van der Waals surface area contributed by atoms with Crippen LogP contribution in [-0.2, 0) is 9.53 Å². The Hall–Kier alpha value is -2.51. The van der Waals surface area contributed by atoms with Gasteiger partial charge in [-0.25, -0.2) is 9.18 Å². The summed E-state index contributed by atoms with van der Waals surface area (Å²) in [5.41, 5.74) is 4.59. The number of nitrogens with two attached hydrogens (primary N) is 1. The average molecular weight is 396 g/mol. The zero-order valence-corrected chi connectivity index (χ0v) is 13.6. The van der Waals surface area contributed by atoms with E-state index in [4.69, 9.17) is 15.6 Å². The minimum absolute atomic E-state index is 0.0357. The van der Waals surface area contributed by atoms with Crippen molar-refractivity contribution in [1.29, 1.82) is 0 Å². The van der Waals surface area contributed by atoms with Gasteiger partial charge in [0, 0.05) is 18.3 Å². The first-order valence-corrected chi connectivity index (χ1v) is 7.55. The summed E-state index contributed by atoms with van der Waals surface area (Å²) < 4.78 is 56.2. The van der Waals surface area contributed by atoms with Crippen molar-refractivity contribution >= 4 is 17.8 Å². The van der Waals surface area contributed by atoms with Crippen molar-refractivity contribution < 1.29 is 37.3 Å². The lowest BCUT2D eigenvalue weighted by Crippen LogP contribution is -2.36. The van der Waals surface area contributed by atoms with Crippen LogP contribution in [0, 0.1) is 0 Å². The second kappa shape index (κ2) is 8.02. The molecule has 1 saturated heterocycles. The largest absolute Gasteiger partial charge is 0.471 e. The number of alkyl halides is 4. The molecule has 1 fully saturated rings. The molecule has 2 heterocycles. The number of rotatable bonds is 5. The summed E-state index contributed by atoms with van der Waals surface area (Å²) in [6, 6.07) is 0. The molecule has 13 heteroatoms. The van der Waals surface area contributed by atoms with Crippen LogP contribution in [0.3, 0.4) is 0 Å². The van der Waals surface area contributed by atoms with Gasteiger partial charge in [-0.1, -0.05) is 12.2 Å². The van der Waals surface area contributed by atoms with Crippen LogP contribution in [-0.4, -0.2) is 63.4 Å². The Kier molecular flexibility index (Phi) is 6.18. The number of aliphatic hydroxyl groups excluding tert-OH is 2. The zero-order chi connectivity index (χ0) is 20.4. The maximum atomic E-state index is 14.1. The lowest BCUT2D eigenvalue weighted by molar-refractivity contribution is -0.173. The third-order valence-corrected chi connectivity index (χ3v) is 3.69. The van der Waals surface area contributed by atoms with E-state index in [0.29, 0.717) is 4.57 Å². The first kappa shape index (κ1) is 20.8. The molecule has 0 saturated carbocycles. The molecule has 1 aliphatic rings. The standard InChI is InChI=1S/C14H16F4N4O5/c15-8-9(24)7(5-23)27-11(8)22-4-6(10(19)21-13(22)26)2-1-3-20-12(25)14(16,17)18/h1-2,4,7-9,11,23-24H,3,5H2,(H,20,25)(H2,19,21,26)/b2-1+/t7-,8?,9+,11-/m1/s1. The fourth-order valence-corrected chi connectivity index (χ4v) is 2.32. The summed E-state index contributed by atoms with van der Waals surface area (Å²) in [6.07, 6.45) is -8.23. The summed E-state index contributed by atoms with van der Waals surface area (Å²) in [6.45, 7) is -1.17. The molecule has 27 heavy (non-hydrogen) atoms. The fourth-order valence-electron chi connectivity index (χ4n) is 2.32. The van der Waals surface area contributed by atoms with Crippen LogP contribution in [0.4, 0.5) is 23.4 Å². The van der Waals surface area contributed by atoms with E-state index in [9.17, 15) is 32.3 Å². The molecule has 0 radical (unpaired) electrons. The molecule has 1 aliphatic heterocycles. The highest BCUT2D eigenvalue weighted by Gasteiger charge is 2.45. The second-order valence-electron chi connectivity index (χ2n) is 5.56. The van der Waals surface area contributed by atoms with Gasteiger partial charge in [-0.05, 0) is 0 Å². The number of carbonyl (C=O) groups excluding carboxylic acids is 1. The number of anilines is 1. The maximum Gasteiger partial charge on any atom is 0.471 e. The van der Waals surface area contributed by atoms with Crippen molar-refractivity contribution in [3.63, 3.8) is 0 Å². The predicted molar refractivity (Wildman–Crippen MR) is 82.9 cm³/mol. The van der Waals surface area contributed by atoms with E-state index >= 15 is 0 Å². The molecule has 1 aromatic heterocycles. The Morgan fingerprint density at radius 3 is 2.70 bits per heavy atom. The zero-order valence-electron chi connectivity index (χ0n) is 13.6. The Bertz CT molecular complexity index is 782. The highest BCUT2D eigenvalue weighted by Crippen LogP contribution is 2.31. The molecule has 0 aliphatic carbocycles. The van der Waals surface area contributed by atoms with Gasteiger partial charge < -0.3 is 26.0 Å². The average Bonchev–Trinajstić information content (AvgIpc) is 2.87. The minimum atomic E-state index is -5.03. The van der Waals surface area contributed by atoms with Crippen LogP contribution in [0.25, 0.3) is 6.08 Å². The molecule has 0 bridgehead atoms. The van der Waals surface area contributed by atoms with Gasteiger partial charge in [-0.15, -0.1) is 0 Å². The third kappa shape index (κ3) is 4.61. The predicted octanol–water partition coefficient (Wildman–Crippen LogP) is -0.894. The minimum Gasteiger partial charge on any atom is -0.394 e.